The van der Waals surface area contributed by atoms with Crippen LogP contribution in [-0.2, 0) is 9.47 Å². The van der Waals surface area contributed by atoms with Gasteiger partial charge in [-0.25, -0.2) is 0 Å². The number of methoxy groups -OCH3 is 2. The number of rotatable bonds is 8. The molecule has 3 atom stereocenters. The summed E-state index contributed by atoms with van der Waals surface area (Å²) in [5.41, 5.74) is 0.0771. The van der Waals surface area contributed by atoms with Gasteiger partial charge in [0, 0.05) is 19.6 Å². The summed E-state index contributed by atoms with van der Waals surface area (Å²) in [6.45, 7) is 8.69. The van der Waals surface area contributed by atoms with E-state index >= 15 is 0 Å². The van der Waals surface area contributed by atoms with Gasteiger partial charge in [0.15, 0.2) is 0 Å². The summed E-state index contributed by atoms with van der Waals surface area (Å²) in [7, 11) is 3.65. The second-order valence-corrected chi connectivity index (χ2v) is 15.0. The zero-order valence-corrected chi connectivity index (χ0v) is 20.0. The highest BCUT2D eigenvalue weighted by molar-refractivity contribution is 9.39. The van der Waals surface area contributed by atoms with Gasteiger partial charge in [0.1, 0.15) is 2.14 Å². The minimum absolute atomic E-state index is 0.0771. The highest BCUT2D eigenvalue weighted by atomic mass is 80.0. The van der Waals surface area contributed by atoms with Crippen LogP contribution in [0.25, 0.3) is 0 Å². The van der Waals surface area contributed by atoms with Gasteiger partial charge in [0.25, 0.3) is 0 Å². The lowest BCUT2D eigenvalue weighted by molar-refractivity contribution is -0.0803. The molecule has 0 N–H and O–H groups in total. The van der Waals surface area contributed by atoms with Crippen LogP contribution in [0, 0.1) is 29.1 Å². The molecule has 1 aliphatic carbocycles. The molecule has 0 spiro atoms. The van der Waals surface area contributed by atoms with Gasteiger partial charge in [-0.05, 0) is 49.4 Å². The molecule has 3 unspecified atom stereocenters. The van der Waals surface area contributed by atoms with Gasteiger partial charge in [-0.3, -0.25) is 0 Å². The topological polar surface area (TPSA) is 18.5 Å². The summed E-state index contributed by atoms with van der Waals surface area (Å²) >= 11 is 11.0. The Labute approximate surface area is 168 Å². The average Bonchev–Trinajstić information content (AvgIpc) is 2.44. The van der Waals surface area contributed by atoms with Crippen molar-refractivity contribution in [3.05, 3.63) is 0 Å². The fourth-order valence-corrected chi connectivity index (χ4v) is 5.05. The van der Waals surface area contributed by atoms with Crippen molar-refractivity contribution < 1.29 is 9.47 Å². The van der Waals surface area contributed by atoms with Crippen LogP contribution in [0.1, 0.15) is 52.9 Å². The Kier molecular flexibility index (Phi) is 9.63. The fraction of sp³-hybridized carbons (Fsp3) is 1.00. The van der Waals surface area contributed by atoms with Gasteiger partial charge < -0.3 is 9.47 Å². The summed E-state index contributed by atoms with van der Waals surface area (Å²) in [6.07, 6.45) is 6.03. The summed E-state index contributed by atoms with van der Waals surface area (Å²) in [5, 5.41) is 0. The molecule has 0 amide bonds. The molecule has 5 heteroatoms. The molecule has 0 heterocycles. The summed E-state index contributed by atoms with van der Waals surface area (Å²) in [4.78, 5) is 0. The molecule has 1 fully saturated rings. The standard InChI is InChI=1S/C18H33Br3O2/c1-13(2)15-7-6-14(3)10-16(15)17(11-22-4,12-23-5)8-9-18(19,20)21/h13-16H,6-12H2,1-5H3. The Morgan fingerprint density at radius 3 is 2.00 bits per heavy atom. The van der Waals surface area contributed by atoms with Crippen LogP contribution >= 0.6 is 47.8 Å². The molecule has 138 valence electrons. The third-order valence-corrected chi connectivity index (χ3v) is 6.77. The quantitative estimate of drug-likeness (QED) is 0.336. The molecular formula is C18H33Br3O2. The van der Waals surface area contributed by atoms with E-state index in [0.29, 0.717) is 11.8 Å². The highest BCUT2D eigenvalue weighted by Gasteiger charge is 2.46. The third kappa shape index (κ3) is 6.88. The number of ether oxygens (including phenoxy) is 2. The molecule has 1 saturated carbocycles. The number of halogens is 3. The first-order chi connectivity index (χ1) is 10.6. The van der Waals surface area contributed by atoms with E-state index in [0.717, 1.165) is 37.9 Å². The van der Waals surface area contributed by atoms with Crippen LogP contribution in [0.2, 0.25) is 0 Å². The monoisotopic (exact) mass is 518 g/mol. The van der Waals surface area contributed by atoms with Crippen LogP contribution in [-0.4, -0.2) is 29.6 Å². The molecule has 0 aromatic carbocycles. The van der Waals surface area contributed by atoms with Crippen molar-refractivity contribution in [2.24, 2.45) is 29.1 Å². The summed E-state index contributed by atoms with van der Waals surface area (Å²) in [6, 6.07) is 0. The van der Waals surface area contributed by atoms with Crippen molar-refractivity contribution in [1.29, 1.82) is 0 Å². The van der Waals surface area contributed by atoms with E-state index < -0.39 is 0 Å². The van der Waals surface area contributed by atoms with Crippen molar-refractivity contribution in [2.75, 3.05) is 27.4 Å². The van der Waals surface area contributed by atoms with E-state index in [2.05, 4.69) is 68.6 Å². The van der Waals surface area contributed by atoms with Gasteiger partial charge in [-0.15, -0.1) is 0 Å². The van der Waals surface area contributed by atoms with Crippen molar-refractivity contribution >= 4 is 47.8 Å². The van der Waals surface area contributed by atoms with Gasteiger partial charge >= 0.3 is 0 Å². The van der Waals surface area contributed by atoms with Crippen molar-refractivity contribution in [3.8, 4) is 0 Å². The number of hydrogen-bond donors (Lipinski definition) is 0. The van der Waals surface area contributed by atoms with E-state index in [9.17, 15) is 0 Å². The Morgan fingerprint density at radius 2 is 1.57 bits per heavy atom. The molecule has 0 aromatic rings. The van der Waals surface area contributed by atoms with Crippen molar-refractivity contribution in [1.82, 2.24) is 0 Å². The van der Waals surface area contributed by atoms with Gasteiger partial charge in [0.2, 0.25) is 0 Å². The van der Waals surface area contributed by atoms with E-state index in [1.54, 1.807) is 0 Å². The zero-order valence-electron chi connectivity index (χ0n) is 15.2. The molecule has 0 bridgehead atoms. The molecular weight excluding hydrogens is 488 g/mol. The van der Waals surface area contributed by atoms with E-state index in [1.807, 2.05) is 14.2 Å². The smallest absolute Gasteiger partial charge is 0.135 e. The largest absolute Gasteiger partial charge is 0.384 e. The molecule has 0 saturated heterocycles. The minimum atomic E-state index is -0.201. The minimum Gasteiger partial charge on any atom is -0.384 e. The Balaban J connectivity index is 3.10. The second-order valence-electron chi connectivity index (χ2n) is 7.78. The summed E-state index contributed by atoms with van der Waals surface area (Å²) < 4.78 is 11.2. The SMILES string of the molecule is COCC(CCC(Br)(Br)Br)(COC)C1CC(C)CCC1C(C)C. The van der Waals surface area contributed by atoms with E-state index in [4.69, 9.17) is 9.47 Å². The van der Waals surface area contributed by atoms with E-state index in [-0.39, 0.29) is 7.56 Å². The molecule has 2 nitrogen and oxygen atoms in total. The molecule has 1 aliphatic rings. The first kappa shape index (κ1) is 22.4. The van der Waals surface area contributed by atoms with Gasteiger partial charge in [-0.1, -0.05) is 75.0 Å². The lowest BCUT2D eigenvalue weighted by Gasteiger charge is -2.49. The highest BCUT2D eigenvalue weighted by Crippen LogP contribution is 2.51. The Bertz CT molecular complexity index is 336. The van der Waals surface area contributed by atoms with E-state index in [1.165, 1.54) is 19.3 Å². The molecule has 23 heavy (non-hydrogen) atoms. The van der Waals surface area contributed by atoms with Crippen molar-refractivity contribution in [2.45, 2.75) is 55.0 Å². The van der Waals surface area contributed by atoms with Crippen LogP contribution in [0.15, 0.2) is 0 Å². The Hall–Kier alpha value is 1.36. The maximum Gasteiger partial charge on any atom is 0.135 e. The first-order valence-electron chi connectivity index (χ1n) is 8.70. The maximum absolute atomic E-state index is 5.72. The first-order valence-corrected chi connectivity index (χ1v) is 11.1. The van der Waals surface area contributed by atoms with Gasteiger partial charge in [0.05, 0.1) is 13.2 Å². The van der Waals surface area contributed by atoms with Crippen LogP contribution in [0.3, 0.4) is 0 Å². The Morgan fingerprint density at radius 1 is 1.00 bits per heavy atom. The number of alkyl halides is 3. The molecule has 1 rings (SSSR count). The van der Waals surface area contributed by atoms with Gasteiger partial charge in [-0.2, -0.15) is 0 Å². The molecule has 0 aliphatic heterocycles. The maximum atomic E-state index is 5.72. The zero-order chi connectivity index (χ0) is 17.7. The third-order valence-electron chi connectivity index (χ3n) is 5.58. The lowest BCUT2D eigenvalue weighted by atomic mass is 9.58. The fourth-order valence-electron chi connectivity index (χ4n) is 4.46. The van der Waals surface area contributed by atoms with Crippen LogP contribution in [0.5, 0.6) is 0 Å². The lowest BCUT2D eigenvalue weighted by Crippen LogP contribution is -2.47. The van der Waals surface area contributed by atoms with Crippen LogP contribution in [0.4, 0.5) is 0 Å². The van der Waals surface area contributed by atoms with Crippen molar-refractivity contribution in [3.63, 3.8) is 0 Å². The molecule has 0 radical (unpaired) electrons. The second kappa shape index (κ2) is 9.89. The normalized spacial score (nSPS) is 26.7. The predicted molar refractivity (Wildman–Crippen MR) is 110 cm³/mol. The molecule has 0 aromatic heterocycles. The summed E-state index contributed by atoms with van der Waals surface area (Å²) in [5.74, 6) is 2.92. The average molecular weight is 521 g/mol. The van der Waals surface area contributed by atoms with Crippen LogP contribution < -0.4 is 0 Å². The number of hydrogen-bond acceptors (Lipinski definition) is 2. The predicted octanol–water partition coefficient (Wildman–Crippen LogP) is 6.59.